The standard InChI is InChI=1S/ClHO3.HNO2/c2-1(3)4;2-1-3/h2H;(H,2,3). The summed E-state index contributed by atoms with van der Waals surface area (Å²) in [5.74, 6) is 0. The summed E-state index contributed by atoms with van der Waals surface area (Å²) >= 11 is 0. The third-order valence-corrected chi connectivity index (χ3v) is 0. The molecule has 7 heteroatoms. The van der Waals surface area contributed by atoms with Gasteiger partial charge in [0.2, 0.25) is 0 Å². The lowest BCUT2D eigenvalue weighted by atomic mass is 13.4. The molecule has 0 heterocycles. The molecule has 0 aliphatic heterocycles. The second-order valence-electron chi connectivity index (χ2n) is 0.283. The van der Waals surface area contributed by atoms with Crippen LogP contribution in [0.4, 0.5) is 0 Å². The van der Waals surface area contributed by atoms with Gasteiger partial charge in [-0.3, -0.25) is 0 Å². The predicted octanol–water partition coefficient (Wildman–Crippen LogP) is -2.79. The van der Waals surface area contributed by atoms with E-state index < -0.39 is 10.8 Å². The molecule has 0 atom stereocenters. The summed E-state index contributed by atoms with van der Waals surface area (Å²) < 4.78 is 24.0. The van der Waals surface area contributed by atoms with E-state index in [0.717, 1.165) is 0 Å². The first-order valence-electron chi connectivity index (χ1n) is 0.860. The van der Waals surface area contributed by atoms with Crippen LogP contribution in [0.3, 0.4) is 0 Å². The van der Waals surface area contributed by atoms with Gasteiger partial charge in [0.25, 0.3) is 10.8 Å². The Balaban J connectivity index is 0. The van der Waals surface area contributed by atoms with Crippen LogP contribution in [0.5, 0.6) is 0 Å². The molecule has 0 aromatic rings. The fourth-order valence-corrected chi connectivity index (χ4v) is 0. The Hall–Kier alpha value is -0.430. The Morgan fingerprint density at radius 3 is 1.57 bits per heavy atom. The van der Waals surface area contributed by atoms with Gasteiger partial charge in [-0.2, -0.15) is 0 Å². The van der Waals surface area contributed by atoms with E-state index >= 15 is 0 Å². The van der Waals surface area contributed by atoms with E-state index in [1.165, 1.54) is 5.34 Å². The molecule has 7 heavy (non-hydrogen) atoms. The molecule has 0 bridgehead atoms. The Bertz CT molecular complexity index is 32.3. The minimum atomic E-state index is -2.60. The highest BCUT2D eigenvalue weighted by Gasteiger charge is 1.79. The van der Waals surface area contributed by atoms with Gasteiger partial charge in [0, 0.05) is 4.66 Å². The Morgan fingerprint density at radius 2 is 1.57 bits per heavy atom. The summed E-state index contributed by atoms with van der Waals surface area (Å²) in [5, 5.41) is 7.89. The molecule has 0 aliphatic carbocycles. The van der Waals surface area contributed by atoms with Gasteiger partial charge in [-0.05, 0) is 0 Å². The third kappa shape index (κ3) is 384. The van der Waals surface area contributed by atoms with E-state index in [0.29, 0.717) is 0 Å². The average molecular weight is 131 g/mol. The predicted molar refractivity (Wildman–Crippen MR) is 9.80 cm³/mol. The molecular formula is H2ClNO5. The summed E-state index contributed by atoms with van der Waals surface area (Å²) in [6, 6.07) is 0. The topological polar surface area (TPSA) is 116 Å². The highest BCUT2D eigenvalue weighted by atomic mass is 35.6. The second kappa shape index (κ2) is 9.13. The van der Waals surface area contributed by atoms with Gasteiger partial charge >= 0.3 is 0 Å². The third-order valence-electron chi connectivity index (χ3n) is 0. The van der Waals surface area contributed by atoms with Crippen molar-refractivity contribution in [2.45, 2.75) is 0 Å². The van der Waals surface area contributed by atoms with Crippen molar-refractivity contribution in [2.75, 3.05) is 0 Å². The molecule has 0 rings (SSSR count). The zero-order chi connectivity index (χ0) is 6.28. The van der Waals surface area contributed by atoms with Crippen LogP contribution in [0.15, 0.2) is 5.34 Å². The van der Waals surface area contributed by atoms with Crippen LogP contribution in [-0.2, 0) is 0 Å². The first-order chi connectivity index (χ1) is 3.15. The summed E-state index contributed by atoms with van der Waals surface area (Å²) in [6.45, 7) is 0. The van der Waals surface area contributed by atoms with Gasteiger partial charge in [0.15, 0.2) is 5.34 Å². The molecule has 0 amide bonds. The van der Waals surface area contributed by atoms with Crippen molar-refractivity contribution in [1.82, 2.24) is 0 Å². The summed E-state index contributed by atoms with van der Waals surface area (Å²) in [4.78, 5) is 8.11. The number of nitrogens with zero attached hydrogens (tertiary/aromatic N) is 1. The van der Waals surface area contributed by atoms with E-state index in [1.54, 1.807) is 0 Å². The van der Waals surface area contributed by atoms with Crippen LogP contribution in [0.2, 0.25) is 0 Å². The molecule has 0 saturated carbocycles. The fourth-order valence-electron chi connectivity index (χ4n) is 0. The van der Waals surface area contributed by atoms with Gasteiger partial charge in [-0.25, -0.2) is 0 Å². The molecule has 0 unspecified atom stereocenters. The molecule has 44 valence electrons. The molecule has 0 fully saturated rings. The average Bonchev–Trinajstić information content (AvgIpc) is 1.33. The Morgan fingerprint density at radius 1 is 1.57 bits per heavy atom. The first kappa shape index (κ1) is 9.76. The summed E-state index contributed by atoms with van der Waals surface area (Å²) in [6.07, 6.45) is 0. The zero-order valence-electron chi connectivity index (χ0n) is 2.94. The van der Waals surface area contributed by atoms with Crippen LogP contribution in [-0.4, -0.2) is 9.87 Å². The normalized spacial score (nSPS) is 6.86. The maximum Gasteiger partial charge on any atom is 0.282 e. The number of hydrogen-bond donors (Lipinski definition) is 2. The maximum absolute atomic E-state index is 8.52. The van der Waals surface area contributed by atoms with Crippen molar-refractivity contribution < 1.29 is 30.0 Å². The van der Waals surface area contributed by atoms with Crippen LogP contribution in [0.25, 0.3) is 0 Å². The molecule has 0 spiro atoms. The van der Waals surface area contributed by atoms with Crippen LogP contribution in [0.1, 0.15) is 0 Å². The fraction of sp³-hybridized carbons (Fsp3) is 0. The minimum absolute atomic E-state index is 1.25. The molecule has 0 aromatic carbocycles. The highest BCUT2D eigenvalue weighted by Crippen LogP contribution is 1.38. The molecule has 6 nitrogen and oxygen atoms in total. The van der Waals surface area contributed by atoms with E-state index in [4.69, 9.17) is 24.1 Å². The number of rotatable bonds is 0. The van der Waals surface area contributed by atoms with Crippen molar-refractivity contribution in [3.05, 3.63) is 4.91 Å². The van der Waals surface area contributed by atoms with Gasteiger partial charge in [-0.1, -0.05) is 0 Å². The van der Waals surface area contributed by atoms with Crippen LogP contribution in [0, 0.1) is 15.7 Å². The molecule has 0 aliphatic rings. The van der Waals surface area contributed by atoms with Gasteiger partial charge in [0.1, 0.15) is 0 Å². The van der Waals surface area contributed by atoms with Crippen LogP contribution < -0.4 is 9.32 Å². The monoisotopic (exact) mass is 131 g/mol. The van der Waals surface area contributed by atoms with Crippen molar-refractivity contribution in [3.8, 4) is 0 Å². The first-order valence-corrected chi connectivity index (χ1v) is 1.82. The van der Waals surface area contributed by atoms with Crippen molar-refractivity contribution in [3.63, 3.8) is 0 Å². The lowest BCUT2D eigenvalue weighted by Crippen LogP contribution is -2.30. The molecule has 0 radical (unpaired) electrons. The second-order valence-corrected chi connectivity index (χ2v) is 0.685. The minimum Gasteiger partial charge on any atom is -0.379 e. The molecule has 0 saturated heterocycles. The Labute approximate surface area is 41.3 Å². The SMILES string of the molecule is O=NO.[O-][Cl+2]([O-])O. The zero-order valence-corrected chi connectivity index (χ0v) is 3.70. The number of halogens is 1. The molecular weight excluding hydrogens is 129 g/mol. The Kier molecular flexibility index (Phi) is 12.7. The quantitative estimate of drug-likeness (QED) is 0.272. The largest absolute Gasteiger partial charge is 0.379 e. The smallest absolute Gasteiger partial charge is 0.282 e. The van der Waals surface area contributed by atoms with Crippen molar-refractivity contribution in [1.29, 1.82) is 0 Å². The van der Waals surface area contributed by atoms with Gasteiger partial charge < -0.3 is 14.5 Å². The number of hydrogen-bond acceptors (Lipinski definition) is 5. The van der Waals surface area contributed by atoms with Crippen LogP contribution >= 0.6 is 0 Å². The van der Waals surface area contributed by atoms with Crippen molar-refractivity contribution in [2.24, 2.45) is 5.34 Å². The lowest BCUT2D eigenvalue weighted by molar-refractivity contribution is -1.63. The van der Waals surface area contributed by atoms with E-state index in [9.17, 15) is 0 Å². The van der Waals surface area contributed by atoms with Gasteiger partial charge in [-0.15, -0.1) is 4.91 Å². The maximum atomic E-state index is 8.52. The molecule has 0 aromatic heterocycles. The van der Waals surface area contributed by atoms with Gasteiger partial charge in [0.05, 0.1) is 0 Å². The summed E-state index contributed by atoms with van der Waals surface area (Å²) in [7, 11) is -2.60. The van der Waals surface area contributed by atoms with Crippen molar-refractivity contribution >= 4 is 0 Å². The lowest BCUT2D eigenvalue weighted by Gasteiger charge is -1.72. The highest BCUT2D eigenvalue weighted by molar-refractivity contribution is 3.83. The van der Waals surface area contributed by atoms with E-state index in [1.807, 2.05) is 0 Å². The summed E-state index contributed by atoms with van der Waals surface area (Å²) in [5.41, 5.74) is 0. The molecule has 2 N–H and O–H groups in total. The van der Waals surface area contributed by atoms with E-state index in [-0.39, 0.29) is 0 Å². The van der Waals surface area contributed by atoms with E-state index in [2.05, 4.69) is 0 Å².